The zero-order valence-electron chi connectivity index (χ0n) is 15.3. The molecule has 27 heavy (non-hydrogen) atoms. The van der Waals surface area contributed by atoms with Crippen molar-refractivity contribution in [2.45, 2.75) is 44.6 Å². The molecule has 0 saturated carbocycles. The molecule has 1 aromatic heterocycles. The van der Waals surface area contributed by atoms with E-state index in [1.54, 1.807) is 0 Å². The molecule has 1 atom stereocenters. The van der Waals surface area contributed by atoms with Crippen molar-refractivity contribution in [2.24, 2.45) is 0 Å². The number of hydrogen-bond donors (Lipinski definition) is 0. The lowest BCUT2D eigenvalue weighted by atomic mass is 10.0. The second-order valence-corrected chi connectivity index (χ2v) is 7.47. The van der Waals surface area contributed by atoms with Gasteiger partial charge in [0.15, 0.2) is 0 Å². The molecule has 3 rings (SSSR count). The quantitative estimate of drug-likeness (QED) is 0.735. The summed E-state index contributed by atoms with van der Waals surface area (Å²) in [6, 6.07) is 3.32. The number of alkyl halides is 3. The van der Waals surface area contributed by atoms with Crippen molar-refractivity contribution in [1.29, 1.82) is 0 Å². The molecular formula is C18H22ClF3N4O. The van der Waals surface area contributed by atoms with Crippen LogP contribution in [0.1, 0.15) is 48.2 Å². The highest BCUT2D eigenvalue weighted by Crippen LogP contribution is 2.35. The molecule has 1 aliphatic rings. The van der Waals surface area contributed by atoms with E-state index in [1.165, 1.54) is 6.07 Å². The van der Waals surface area contributed by atoms with Crippen LogP contribution in [0, 0.1) is 0 Å². The van der Waals surface area contributed by atoms with Gasteiger partial charge in [-0.25, -0.2) is 0 Å². The third kappa shape index (κ3) is 5.00. The van der Waals surface area contributed by atoms with Crippen LogP contribution in [0.5, 0.6) is 0 Å². The van der Waals surface area contributed by atoms with Crippen molar-refractivity contribution in [3.63, 3.8) is 0 Å². The Morgan fingerprint density at radius 1 is 1.26 bits per heavy atom. The number of piperidine rings is 1. The predicted octanol–water partition coefficient (Wildman–Crippen LogP) is 4.53. The fourth-order valence-corrected chi connectivity index (χ4v) is 3.46. The van der Waals surface area contributed by atoms with Crippen LogP contribution in [-0.4, -0.2) is 40.6 Å². The predicted molar refractivity (Wildman–Crippen MR) is 95.1 cm³/mol. The van der Waals surface area contributed by atoms with Gasteiger partial charge in [-0.05, 0) is 57.2 Å². The Balaban J connectivity index is 1.81. The lowest BCUT2D eigenvalue weighted by Crippen LogP contribution is -2.33. The van der Waals surface area contributed by atoms with Crippen molar-refractivity contribution < 1.29 is 17.6 Å². The Morgan fingerprint density at radius 2 is 2.04 bits per heavy atom. The molecule has 0 aliphatic carbocycles. The molecule has 1 saturated heterocycles. The van der Waals surface area contributed by atoms with Gasteiger partial charge in [-0.1, -0.05) is 18.0 Å². The first-order valence-corrected chi connectivity index (χ1v) is 9.18. The van der Waals surface area contributed by atoms with Crippen LogP contribution in [0.15, 0.2) is 22.6 Å². The van der Waals surface area contributed by atoms with Crippen molar-refractivity contribution >= 4 is 11.6 Å². The zero-order valence-corrected chi connectivity index (χ0v) is 16.0. The van der Waals surface area contributed by atoms with Crippen LogP contribution in [-0.2, 0) is 19.3 Å². The Morgan fingerprint density at radius 3 is 2.74 bits per heavy atom. The SMILES string of the molecule is CN(C)Cc1nnc([C@H]2CCCCN2Cc2cc(C(F)(F)F)ccc2Cl)o1. The number of halogens is 4. The van der Waals surface area contributed by atoms with Gasteiger partial charge in [0.1, 0.15) is 0 Å². The fraction of sp³-hybridized carbons (Fsp3) is 0.556. The van der Waals surface area contributed by atoms with Gasteiger partial charge in [0, 0.05) is 11.6 Å². The number of hydrogen-bond acceptors (Lipinski definition) is 5. The first-order valence-electron chi connectivity index (χ1n) is 8.80. The Kier molecular flexibility index (Phi) is 6.08. The van der Waals surface area contributed by atoms with Gasteiger partial charge in [0.05, 0.1) is 18.2 Å². The molecule has 9 heteroatoms. The second-order valence-electron chi connectivity index (χ2n) is 7.06. The van der Waals surface area contributed by atoms with Crippen LogP contribution in [0.4, 0.5) is 13.2 Å². The van der Waals surface area contributed by atoms with Crippen molar-refractivity contribution in [3.05, 3.63) is 46.1 Å². The molecule has 5 nitrogen and oxygen atoms in total. The maximum atomic E-state index is 13.0. The highest BCUT2D eigenvalue weighted by molar-refractivity contribution is 6.31. The second kappa shape index (κ2) is 8.16. The summed E-state index contributed by atoms with van der Waals surface area (Å²) in [6.07, 6.45) is -1.61. The number of benzene rings is 1. The van der Waals surface area contributed by atoms with Crippen molar-refractivity contribution in [3.8, 4) is 0 Å². The summed E-state index contributed by atoms with van der Waals surface area (Å²) in [5.41, 5.74) is -0.243. The van der Waals surface area contributed by atoms with E-state index in [-0.39, 0.29) is 6.04 Å². The molecule has 0 N–H and O–H groups in total. The van der Waals surface area contributed by atoms with E-state index >= 15 is 0 Å². The molecule has 0 radical (unpaired) electrons. The monoisotopic (exact) mass is 402 g/mol. The largest absolute Gasteiger partial charge is 0.422 e. The summed E-state index contributed by atoms with van der Waals surface area (Å²) in [5, 5.41) is 8.57. The van der Waals surface area contributed by atoms with E-state index < -0.39 is 11.7 Å². The minimum absolute atomic E-state index is 0.118. The normalized spacial score (nSPS) is 19.0. The Hall–Kier alpha value is -1.64. The molecule has 2 heterocycles. The highest BCUT2D eigenvalue weighted by atomic mass is 35.5. The molecule has 0 amide bonds. The van der Waals surface area contributed by atoms with Gasteiger partial charge in [-0.15, -0.1) is 10.2 Å². The van der Waals surface area contributed by atoms with Crippen molar-refractivity contribution in [1.82, 2.24) is 20.0 Å². The van der Waals surface area contributed by atoms with Gasteiger partial charge in [-0.3, -0.25) is 4.90 Å². The highest BCUT2D eigenvalue weighted by Gasteiger charge is 2.32. The summed E-state index contributed by atoms with van der Waals surface area (Å²) >= 11 is 6.17. The lowest BCUT2D eigenvalue weighted by Gasteiger charge is -2.33. The number of nitrogens with zero attached hydrogens (tertiary/aromatic N) is 4. The van der Waals surface area contributed by atoms with Gasteiger partial charge < -0.3 is 9.32 Å². The van der Waals surface area contributed by atoms with E-state index in [2.05, 4.69) is 15.1 Å². The fourth-order valence-electron chi connectivity index (χ4n) is 3.29. The molecule has 1 aromatic carbocycles. The minimum atomic E-state index is -4.39. The molecule has 2 aromatic rings. The van der Waals surface area contributed by atoms with Crippen LogP contribution in [0.2, 0.25) is 5.02 Å². The van der Waals surface area contributed by atoms with E-state index in [0.29, 0.717) is 35.5 Å². The van der Waals surface area contributed by atoms with Gasteiger partial charge in [0.25, 0.3) is 0 Å². The summed E-state index contributed by atoms with van der Waals surface area (Å²) in [6.45, 7) is 1.58. The minimum Gasteiger partial charge on any atom is -0.422 e. The maximum Gasteiger partial charge on any atom is 0.416 e. The molecule has 1 aliphatic heterocycles. The third-order valence-corrected chi connectivity index (χ3v) is 4.95. The Labute approximate surface area is 161 Å². The van der Waals surface area contributed by atoms with Gasteiger partial charge in [-0.2, -0.15) is 13.2 Å². The maximum absolute atomic E-state index is 13.0. The summed E-state index contributed by atoms with van der Waals surface area (Å²) in [4.78, 5) is 4.00. The molecule has 0 bridgehead atoms. The van der Waals surface area contributed by atoms with Crippen LogP contribution >= 0.6 is 11.6 Å². The third-order valence-electron chi connectivity index (χ3n) is 4.58. The molecule has 0 unspecified atom stereocenters. The van der Waals surface area contributed by atoms with E-state index in [0.717, 1.165) is 37.9 Å². The molecule has 1 fully saturated rings. The van der Waals surface area contributed by atoms with Crippen LogP contribution in [0.25, 0.3) is 0 Å². The Bertz CT molecular complexity index is 778. The molecule has 0 spiro atoms. The number of rotatable bonds is 5. The lowest BCUT2D eigenvalue weighted by molar-refractivity contribution is -0.137. The van der Waals surface area contributed by atoms with Gasteiger partial charge in [0.2, 0.25) is 11.8 Å². The van der Waals surface area contributed by atoms with Crippen LogP contribution < -0.4 is 0 Å². The first-order chi connectivity index (χ1) is 12.7. The van der Waals surface area contributed by atoms with E-state index in [4.69, 9.17) is 16.0 Å². The zero-order chi connectivity index (χ0) is 19.6. The van der Waals surface area contributed by atoms with Gasteiger partial charge >= 0.3 is 6.18 Å². The summed E-state index contributed by atoms with van der Waals surface area (Å²) in [5.74, 6) is 1.03. The first kappa shape index (κ1) is 20.1. The summed E-state index contributed by atoms with van der Waals surface area (Å²) in [7, 11) is 3.82. The summed E-state index contributed by atoms with van der Waals surface area (Å²) < 4.78 is 44.9. The smallest absolute Gasteiger partial charge is 0.416 e. The molecule has 148 valence electrons. The standard InChI is InChI=1S/C18H22ClF3N4O/c1-25(2)11-16-23-24-17(27-16)15-5-3-4-8-26(15)10-12-9-13(18(20,21)22)6-7-14(12)19/h6-7,9,15H,3-5,8,10-11H2,1-2H3/t15-/m1/s1. The average Bonchev–Trinajstić information content (AvgIpc) is 3.04. The van der Waals surface area contributed by atoms with E-state index in [1.807, 2.05) is 19.0 Å². The average molecular weight is 403 g/mol. The molecular weight excluding hydrogens is 381 g/mol. The van der Waals surface area contributed by atoms with Crippen molar-refractivity contribution in [2.75, 3.05) is 20.6 Å². The van der Waals surface area contributed by atoms with Crippen LogP contribution in [0.3, 0.4) is 0 Å². The number of likely N-dealkylation sites (tertiary alicyclic amines) is 1. The topological polar surface area (TPSA) is 45.4 Å². The van der Waals surface area contributed by atoms with E-state index in [9.17, 15) is 13.2 Å². The number of aromatic nitrogens is 2.